The van der Waals surface area contributed by atoms with E-state index in [4.69, 9.17) is 17.3 Å². The number of benzene rings is 2. The van der Waals surface area contributed by atoms with E-state index < -0.39 is 0 Å². The third kappa shape index (κ3) is 4.25. The van der Waals surface area contributed by atoms with Crippen LogP contribution in [-0.4, -0.2) is 30.9 Å². The van der Waals surface area contributed by atoms with Crippen LogP contribution in [0.5, 0.6) is 0 Å². The summed E-state index contributed by atoms with van der Waals surface area (Å²) in [5, 5.41) is 16.4. The predicted octanol–water partition coefficient (Wildman–Crippen LogP) is 4.61. The smallest absolute Gasteiger partial charge is 0.216 e. The van der Waals surface area contributed by atoms with Crippen LogP contribution in [0.4, 0.5) is 0 Å². The molecule has 146 valence electrons. The van der Waals surface area contributed by atoms with Gasteiger partial charge in [-0.1, -0.05) is 67.1 Å². The minimum absolute atomic E-state index is 0.478. The summed E-state index contributed by atoms with van der Waals surface area (Å²) >= 11 is 5.30. The molecule has 0 radical (unpaired) electrons. The number of rotatable bonds is 6. The Hall–Kier alpha value is -3.32. The average molecular weight is 403 g/mol. The Balaban J connectivity index is 1.74. The molecule has 2 aromatic carbocycles. The van der Waals surface area contributed by atoms with Gasteiger partial charge in [0.2, 0.25) is 4.77 Å². The summed E-state index contributed by atoms with van der Waals surface area (Å²) in [7, 11) is 0. The van der Waals surface area contributed by atoms with Crippen LogP contribution in [0.25, 0.3) is 11.3 Å². The molecule has 0 unspecified atom stereocenters. The zero-order chi connectivity index (χ0) is 20.2. The van der Waals surface area contributed by atoms with Crippen molar-refractivity contribution in [1.29, 1.82) is 0 Å². The first-order valence-electron chi connectivity index (χ1n) is 9.53. The van der Waals surface area contributed by atoms with Gasteiger partial charge in [0.1, 0.15) is 5.69 Å². The van der Waals surface area contributed by atoms with Crippen LogP contribution in [0.15, 0.2) is 65.9 Å². The van der Waals surface area contributed by atoms with E-state index in [9.17, 15) is 0 Å². The highest BCUT2D eigenvalue weighted by Crippen LogP contribution is 2.22. The van der Waals surface area contributed by atoms with Crippen LogP contribution < -0.4 is 0 Å². The van der Waals surface area contributed by atoms with Crippen LogP contribution >= 0.6 is 12.2 Å². The number of nitrogens with one attached hydrogen (secondary N) is 1. The molecule has 7 heteroatoms. The molecule has 0 aliphatic carbocycles. The fraction of sp³-hybridized carbons (Fsp3) is 0.182. The van der Waals surface area contributed by atoms with Crippen molar-refractivity contribution in [1.82, 2.24) is 24.7 Å². The summed E-state index contributed by atoms with van der Waals surface area (Å²) < 4.78 is 4.08. The molecular weight excluding hydrogens is 380 g/mol. The molecule has 0 aliphatic rings. The minimum Gasteiger partial charge on any atom is -0.267 e. The highest BCUT2D eigenvalue weighted by Gasteiger charge is 2.11. The predicted molar refractivity (Wildman–Crippen MR) is 118 cm³/mol. The summed E-state index contributed by atoms with van der Waals surface area (Å²) in [5.41, 5.74) is 5.27. The van der Waals surface area contributed by atoms with Crippen molar-refractivity contribution in [2.45, 2.75) is 26.8 Å². The molecular formula is C22H22N6S. The largest absolute Gasteiger partial charge is 0.267 e. The van der Waals surface area contributed by atoms with E-state index in [0.717, 1.165) is 29.1 Å². The van der Waals surface area contributed by atoms with Crippen molar-refractivity contribution < 1.29 is 0 Å². The van der Waals surface area contributed by atoms with Gasteiger partial charge >= 0.3 is 0 Å². The van der Waals surface area contributed by atoms with Crippen LogP contribution in [0, 0.1) is 11.7 Å². The van der Waals surface area contributed by atoms with E-state index in [2.05, 4.69) is 58.6 Å². The first-order chi connectivity index (χ1) is 14.1. The van der Waals surface area contributed by atoms with Crippen molar-refractivity contribution in [3.05, 3.63) is 88.1 Å². The lowest BCUT2D eigenvalue weighted by atomic mass is 10.1. The Labute approximate surface area is 174 Å². The number of aryl methyl sites for hydroxylation is 2. The molecule has 0 saturated carbocycles. The zero-order valence-electron chi connectivity index (χ0n) is 16.4. The highest BCUT2D eigenvalue weighted by atomic mass is 32.1. The van der Waals surface area contributed by atoms with Crippen LogP contribution in [-0.2, 0) is 13.0 Å². The van der Waals surface area contributed by atoms with Gasteiger partial charge in [-0.3, -0.25) is 9.78 Å². The number of aromatic amines is 1. The quantitative estimate of drug-likeness (QED) is 0.378. The second-order valence-corrected chi connectivity index (χ2v) is 7.22. The number of aromatic nitrogens is 5. The molecule has 0 fully saturated rings. The van der Waals surface area contributed by atoms with Crippen LogP contribution in [0.1, 0.15) is 29.4 Å². The van der Waals surface area contributed by atoms with Crippen molar-refractivity contribution >= 4 is 18.4 Å². The van der Waals surface area contributed by atoms with E-state index in [1.54, 1.807) is 10.9 Å². The Morgan fingerprint density at radius 2 is 1.86 bits per heavy atom. The molecule has 0 saturated heterocycles. The highest BCUT2D eigenvalue weighted by molar-refractivity contribution is 7.71. The number of hydrogen-bond acceptors (Lipinski definition) is 4. The van der Waals surface area contributed by atoms with Gasteiger partial charge in [0.25, 0.3) is 0 Å². The van der Waals surface area contributed by atoms with Gasteiger partial charge in [-0.25, -0.2) is 0 Å². The van der Waals surface area contributed by atoms with Crippen LogP contribution in [0.3, 0.4) is 0 Å². The summed E-state index contributed by atoms with van der Waals surface area (Å²) in [6, 6.07) is 18.6. The summed E-state index contributed by atoms with van der Waals surface area (Å²) in [4.78, 5) is 0. The van der Waals surface area contributed by atoms with Crippen molar-refractivity contribution in [2.24, 2.45) is 5.10 Å². The van der Waals surface area contributed by atoms with E-state index >= 15 is 0 Å². The molecule has 2 aromatic heterocycles. The van der Waals surface area contributed by atoms with E-state index in [1.807, 2.05) is 36.0 Å². The van der Waals surface area contributed by atoms with Gasteiger partial charge < -0.3 is 0 Å². The lowest BCUT2D eigenvalue weighted by Crippen LogP contribution is -2.00. The molecule has 29 heavy (non-hydrogen) atoms. The number of H-pyrrole nitrogens is 1. The van der Waals surface area contributed by atoms with Crippen molar-refractivity contribution in [2.75, 3.05) is 0 Å². The summed E-state index contributed by atoms with van der Waals surface area (Å²) in [5.74, 6) is 0.791. The fourth-order valence-electron chi connectivity index (χ4n) is 3.11. The maximum Gasteiger partial charge on any atom is 0.216 e. The van der Waals surface area contributed by atoms with E-state index in [-0.39, 0.29) is 0 Å². The van der Waals surface area contributed by atoms with Gasteiger partial charge in [0, 0.05) is 23.7 Å². The SMILES string of the molecule is CCc1n[nH]c(=S)n1/N=C\c1cn(Cc2ccccc2)nc1-c1ccc(C)cc1. The lowest BCUT2D eigenvalue weighted by Gasteiger charge is -2.02. The average Bonchev–Trinajstić information content (AvgIpc) is 3.30. The fourth-order valence-corrected chi connectivity index (χ4v) is 3.31. The lowest BCUT2D eigenvalue weighted by molar-refractivity contribution is 0.689. The Bertz CT molecular complexity index is 1180. The molecule has 0 spiro atoms. The zero-order valence-corrected chi connectivity index (χ0v) is 17.2. The van der Waals surface area contributed by atoms with Gasteiger partial charge in [-0.05, 0) is 24.7 Å². The summed E-state index contributed by atoms with van der Waals surface area (Å²) in [6.45, 7) is 4.79. The molecule has 0 amide bonds. The van der Waals surface area contributed by atoms with Crippen molar-refractivity contribution in [3.8, 4) is 11.3 Å². The monoisotopic (exact) mass is 402 g/mol. The van der Waals surface area contributed by atoms with Gasteiger partial charge in [-0.15, -0.1) is 0 Å². The third-order valence-corrected chi connectivity index (χ3v) is 4.91. The van der Waals surface area contributed by atoms with Gasteiger partial charge in [-0.2, -0.15) is 20.0 Å². The van der Waals surface area contributed by atoms with E-state index in [1.165, 1.54) is 11.1 Å². The molecule has 4 rings (SSSR count). The molecule has 0 atom stereocenters. The Morgan fingerprint density at radius 3 is 2.59 bits per heavy atom. The maximum atomic E-state index is 5.30. The molecule has 0 aliphatic heterocycles. The van der Waals surface area contributed by atoms with Gasteiger partial charge in [0.15, 0.2) is 5.82 Å². The molecule has 4 aromatic rings. The number of nitrogens with zero attached hydrogens (tertiary/aromatic N) is 5. The Morgan fingerprint density at radius 1 is 1.10 bits per heavy atom. The second kappa shape index (κ2) is 8.36. The van der Waals surface area contributed by atoms with Crippen LogP contribution in [0.2, 0.25) is 0 Å². The first-order valence-corrected chi connectivity index (χ1v) is 9.94. The van der Waals surface area contributed by atoms with Crippen molar-refractivity contribution in [3.63, 3.8) is 0 Å². The normalized spacial score (nSPS) is 11.4. The summed E-state index contributed by atoms with van der Waals surface area (Å²) in [6.07, 6.45) is 4.55. The van der Waals surface area contributed by atoms with Gasteiger partial charge in [0.05, 0.1) is 12.8 Å². The topological polar surface area (TPSA) is 63.8 Å². The second-order valence-electron chi connectivity index (χ2n) is 6.84. The molecule has 6 nitrogen and oxygen atoms in total. The maximum absolute atomic E-state index is 5.30. The molecule has 1 N–H and O–H groups in total. The molecule has 0 bridgehead atoms. The standard InChI is InChI=1S/C22H22N6S/c1-3-20-24-25-22(29)28(20)23-13-19-15-27(14-17-7-5-4-6-8-17)26-21(19)18-11-9-16(2)10-12-18/h4-13,15H,3,14H2,1-2H3,(H,25,29)/b23-13-. The molecule has 2 heterocycles. The Kier molecular flexibility index (Phi) is 5.48. The van der Waals surface area contributed by atoms with E-state index in [0.29, 0.717) is 11.3 Å². The first kappa shape index (κ1) is 19.0. The third-order valence-electron chi connectivity index (χ3n) is 4.65. The number of hydrogen-bond donors (Lipinski definition) is 1. The minimum atomic E-state index is 0.478.